The first-order valence-electron chi connectivity index (χ1n) is 8.12. The summed E-state index contributed by atoms with van der Waals surface area (Å²) in [5.41, 5.74) is 1.27. The van der Waals surface area contributed by atoms with Crippen LogP contribution in [0, 0.1) is 12.8 Å². The van der Waals surface area contributed by atoms with E-state index < -0.39 is 0 Å². The van der Waals surface area contributed by atoms with E-state index in [1.54, 1.807) is 11.3 Å². The number of hydrogen-bond donors (Lipinski definition) is 0. The molecule has 1 atom stereocenters. The molecule has 2 heterocycles. The molecule has 0 saturated carbocycles. The Morgan fingerprint density at radius 3 is 2.86 bits per heavy atom. The van der Waals surface area contributed by atoms with Gasteiger partial charge in [0.1, 0.15) is 0 Å². The topological polar surface area (TPSA) is 46.6 Å². The van der Waals surface area contributed by atoms with E-state index in [0.29, 0.717) is 13.2 Å². The summed E-state index contributed by atoms with van der Waals surface area (Å²) in [7, 11) is 0. The van der Waals surface area contributed by atoms with Crippen LogP contribution in [0.3, 0.4) is 0 Å². The standard InChI is InChI=1S/C17H25NO3S/c1-4-7-13-10-15(22-12(13)3)16(19)18-9-6-8-14(11-18)17(20)21-5-2/h10,14H,4-9,11H2,1-3H3. The second-order valence-electron chi connectivity index (χ2n) is 5.78. The summed E-state index contributed by atoms with van der Waals surface area (Å²) in [5, 5.41) is 0. The number of rotatable bonds is 5. The summed E-state index contributed by atoms with van der Waals surface area (Å²) in [4.78, 5) is 28.4. The van der Waals surface area contributed by atoms with Crippen molar-refractivity contribution in [2.24, 2.45) is 5.92 Å². The zero-order valence-electron chi connectivity index (χ0n) is 13.7. The van der Waals surface area contributed by atoms with Crippen molar-refractivity contribution in [1.29, 1.82) is 0 Å². The van der Waals surface area contributed by atoms with Gasteiger partial charge in [-0.2, -0.15) is 0 Å². The van der Waals surface area contributed by atoms with Crippen molar-refractivity contribution in [3.63, 3.8) is 0 Å². The van der Waals surface area contributed by atoms with E-state index in [4.69, 9.17) is 4.74 Å². The highest BCUT2D eigenvalue weighted by molar-refractivity contribution is 7.14. The molecule has 1 saturated heterocycles. The molecule has 0 radical (unpaired) electrons. The van der Waals surface area contributed by atoms with Crippen LogP contribution in [0.2, 0.25) is 0 Å². The fourth-order valence-corrected chi connectivity index (χ4v) is 3.95. The van der Waals surface area contributed by atoms with Crippen molar-refractivity contribution in [3.05, 3.63) is 21.4 Å². The van der Waals surface area contributed by atoms with Crippen LogP contribution in [0.1, 0.15) is 53.2 Å². The summed E-state index contributed by atoms with van der Waals surface area (Å²) < 4.78 is 5.10. The van der Waals surface area contributed by atoms with Crippen molar-refractivity contribution >= 4 is 23.2 Å². The minimum Gasteiger partial charge on any atom is -0.466 e. The normalized spacial score (nSPS) is 18.3. The van der Waals surface area contributed by atoms with E-state index in [-0.39, 0.29) is 17.8 Å². The average Bonchev–Trinajstić information content (AvgIpc) is 2.88. The first-order valence-corrected chi connectivity index (χ1v) is 8.93. The number of thiophene rings is 1. The number of esters is 1. The van der Waals surface area contributed by atoms with Crippen molar-refractivity contribution in [2.45, 2.75) is 46.5 Å². The Bertz CT molecular complexity index is 538. The maximum atomic E-state index is 12.7. The van der Waals surface area contributed by atoms with E-state index >= 15 is 0 Å². The van der Waals surface area contributed by atoms with Crippen molar-refractivity contribution < 1.29 is 14.3 Å². The van der Waals surface area contributed by atoms with Crippen molar-refractivity contribution in [2.75, 3.05) is 19.7 Å². The van der Waals surface area contributed by atoms with Crippen LogP contribution in [0.4, 0.5) is 0 Å². The fourth-order valence-electron chi connectivity index (χ4n) is 2.91. The number of ether oxygens (including phenoxy) is 1. The van der Waals surface area contributed by atoms with Gasteiger partial charge in [0.15, 0.2) is 0 Å². The molecule has 1 aliphatic rings. The monoisotopic (exact) mass is 323 g/mol. The molecule has 0 bridgehead atoms. The van der Waals surface area contributed by atoms with E-state index in [1.165, 1.54) is 10.4 Å². The van der Waals surface area contributed by atoms with Gasteiger partial charge < -0.3 is 9.64 Å². The van der Waals surface area contributed by atoms with Crippen LogP contribution in [0.5, 0.6) is 0 Å². The lowest BCUT2D eigenvalue weighted by atomic mass is 9.98. The van der Waals surface area contributed by atoms with Crippen LogP contribution in [0.15, 0.2) is 6.07 Å². The Balaban J connectivity index is 2.05. The summed E-state index contributed by atoms with van der Waals surface area (Å²) in [6.45, 7) is 7.64. The Morgan fingerprint density at radius 1 is 1.41 bits per heavy atom. The SMILES string of the molecule is CCCc1cc(C(=O)N2CCCC(C(=O)OCC)C2)sc1C. The smallest absolute Gasteiger partial charge is 0.310 e. The number of hydrogen-bond acceptors (Lipinski definition) is 4. The lowest BCUT2D eigenvalue weighted by Gasteiger charge is -2.31. The number of carbonyl (C=O) groups is 2. The first kappa shape index (κ1) is 17.0. The van der Waals surface area contributed by atoms with E-state index in [0.717, 1.165) is 37.1 Å². The Labute approximate surface area is 136 Å². The van der Waals surface area contributed by atoms with Crippen LogP contribution < -0.4 is 0 Å². The molecular formula is C17H25NO3S. The number of aryl methyl sites for hydroxylation is 2. The molecule has 5 heteroatoms. The zero-order valence-corrected chi connectivity index (χ0v) is 14.5. The van der Waals surface area contributed by atoms with E-state index in [2.05, 4.69) is 13.8 Å². The first-order chi connectivity index (χ1) is 10.6. The van der Waals surface area contributed by atoms with Crippen molar-refractivity contribution in [3.8, 4) is 0 Å². The van der Waals surface area contributed by atoms with Gasteiger partial charge in [-0.25, -0.2) is 0 Å². The maximum Gasteiger partial charge on any atom is 0.310 e. The molecule has 122 valence electrons. The molecule has 0 aromatic carbocycles. The van der Waals surface area contributed by atoms with Gasteiger partial charge in [-0.1, -0.05) is 13.3 Å². The molecule has 0 spiro atoms. The number of likely N-dealkylation sites (tertiary alicyclic amines) is 1. The van der Waals surface area contributed by atoms with E-state index in [1.807, 2.05) is 17.9 Å². The highest BCUT2D eigenvalue weighted by Crippen LogP contribution is 2.26. The molecular weight excluding hydrogens is 298 g/mol. The summed E-state index contributed by atoms with van der Waals surface area (Å²) in [6, 6.07) is 2.03. The largest absolute Gasteiger partial charge is 0.466 e. The lowest BCUT2D eigenvalue weighted by molar-refractivity contribution is -0.149. The minimum atomic E-state index is -0.172. The number of amides is 1. The molecule has 1 aromatic rings. The van der Waals surface area contributed by atoms with Crippen LogP contribution in [-0.2, 0) is 16.0 Å². The van der Waals surface area contributed by atoms with Crippen molar-refractivity contribution in [1.82, 2.24) is 4.90 Å². The molecule has 0 N–H and O–H groups in total. The maximum absolute atomic E-state index is 12.7. The summed E-state index contributed by atoms with van der Waals surface area (Å²) in [6.07, 6.45) is 3.77. The number of piperidine rings is 1. The molecule has 1 unspecified atom stereocenters. The summed E-state index contributed by atoms with van der Waals surface area (Å²) >= 11 is 1.57. The molecule has 22 heavy (non-hydrogen) atoms. The Kier molecular flexibility index (Phi) is 6.00. The number of nitrogens with zero attached hydrogens (tertiary/aromatic N) is 1. The van der Waals surface area contributed by atoms with Gasteiger partial charge in [0, 0.05) is 18.0 Å². The minimum absolute atomic E-state index is 0.0597. The predicted molar refractivity (Wildman–Crippen MR) is 88.3 cm³/mol. The van der Waals surface area contributed by atoms with Crippen LogP contribution in [0.25, 0.3) is 0 Å². The molecule has 1 fully saturated rings. The quantitative estimate of drug-likeness (QED) is 0.780. The van der Waals surface area contributed by atoms with Gasteiger partial charge in [-0.15, -0.1) is 11.3 Å². The average molecular weight is 323 g/mol. The highest BCUT2D eigenvalue weighted by Gasteiger charge is 2.30. The second kappa shape index (κ2) is 7.77. The third-order valence-corrected chi connectivity index (χ3v) is 5.16. The zero-order chi connectivity index (χ0) is 16.1. The molecule has 1 aliphatic heterocycles. The van der Waals surface area contributed by atoms with Gasteiger partial charge >= 0.3 is 5.97 Å². The van der Waals surface area contributed by atoms with E-state index in [9.17, 15) is 9.59 Å². The Hall–Kier alpha value is -1.36. The van der Waals surface area contributed by atoms with Gasteiger partial charge in [-0.05, 0) is 44.7 Å². The second-order valence-corrected chi connectivity index (χ2v) is 7.04. The van der Waals surface area contributed by atoms with Gasteiger partial charge in [0.2, 0.25) is 0 Å². The third kappa shape index (κ3) is 3.88. The third-order valence-electron chi connectivity index (χ3n) is 4.08. The van der Waals surface area contributed by atoms with Gasteiger partial charge in [0.05, 0.1) is 17.4 Å². The lowest BCUT2D eigenvalue weighted by Crippen LogP contribution is -2.42. The molecule has 1 aromatic heterocycles. The fraction of sp³-hybridized carbons (Fsp3) is 0.647. The van der Waals surface area contributed by atoms with Gasteiger partial charge in [-0.3, -0.25) is 9.59 Å². The van der Waals surface area contributed by atoms with Crippen LogP contribution in [-0.4, -0.2) is 36.5 Å². The highest BCUT2D eigenvalue weighted by atomic mass is 32.1. The van der Waals surface area contributed by atoms with Gasteiger partial charge in [0.25, 0.3) is 5.91 Å². The molecule has 4 nitrogen and oxygen atoms in total. The van der Waals surface area contributed by atoms with Crippen LogP contribution >= 0.6 is 11.3 Å². The molecule has 1 amide bonds. The predicted octanol–water partition coefficient (Wildman–Crippen LogP) is 3.42. The molecule has 0 aliphatic carbocycles. The number of carbonyl (C=O) groups excluding carboxylic acids is 2. The Morgan fingerprint density at radius 2 is 2.18 bits per heavy atom. The summed E-state index contributed by atoms with van der Waals surface area (Å²) in [5.74, 6) is -0.285. The molecule has 2 rings (SSSR count).